The van der Waals surface area contributed by atoms with Gasteiger partial charge in [-0.05, 0) is 12.1 Å². The Morgan fingerprint density at radius 1 is 0.600 bits per heavy atom. The molecule has 0 fully saturated rings. The molecule has 0 aliphatic heterocycles. The van der Waals surface area contributed by atoms with Gasteiger partial charge in [-0.15, -0.1) is 0 Å². The highest BCUT2D eigenvalue weighted by atomic mass is 16.5. The molecule has 148 valence electrons. The van der Waals surface area contributed by atoms with E-state index in [0.717, 1.165) is 28.2 Å². The smallest absolute Gasteiger partial charge is 0.184 e. The van der Waals surface area contributed by atoms with Crippen LogP contribution in [0.3, 0.4) is 0 Å². The van der Waals surface area contributed by atoms with Gasteiger partial charge >= 0.3 is 0 Å². The molecule has 0 unspecified atom stereocenters. The topological polar surface area (TPSA) is 18.5 Å². The lowest BCUT2D eigenvalue weighted by Gasteiger charge is -2.36. The van der Waals surface area contributed by atoms with E-state index >= 15 is 0 Å². The first kappa shape index (κ1) is 19.5. The average molecular weight is 392 g/mol. The predicted octanol–water partition coefficient (Wildman–Crippen LogP) is 6.62. The third-order valence-corrected chi connectivity index (χ3v) is 4.99. The fourth-order valence-electron chi connectivity index (χ4n) is 3.65. The standard InChI is InChI=1S/C28H24O2/c1-2-21-29-26-19-12-20-27(22-26)30-28(23-13-6-3-7-14-23,24-15-8-4-9-16-24)25-17-10-5-11-18-25/h2-20,22H,1,21H2. The van der Waals surface area contributed by atoms with Crippen LogP contribution in [0.5, 0.6) is 11.5 Å². The molecule has 0 spiro atoms. The Balaban J connectivity index is 1.90. The van der Waals surface area contributed by atoms with Crippen LogP contribution in [0.25, 0.3) is 0 Å². The zero-order valence-electron chi connectivity index (χ0n) is 16.8. The molecule has 0 bridgehead atoms. The van der Waals surface area contributed by atoms with Gasteiger partial charge in [-0.1, -0.05) is 110 Å². The molecular formula is C28H24O2. The Morgan fingerprint density at radius 3 is 1.53 bits per heavy atom. The van der Waals surface area contributed by atoms with Gasteiger partial charge in [0.05, 0.1) is 0 Å². The second-order valence-corrected chi connectivity index (χ2v) is 6.96. The van der Waals surface area contributed by atoms with Crippen molar-refractivity contribution in [2.24, 2.45) is 0 Å². The Bertz CT molecular complexity index is 977. The first-order chi connectivity index (χ1) is 14.8. The predicted molar refractivity (Wildman–Crippen MR) is 122 cm³/mol. The van der Waals surface area contributed by atoms with Crippen molar-refractivity contribution in [1.82, 2.24) is 0 Å². The summed E-state index contributed by atoms with van der Waals surface area (Å²) in [5.41, 5.74) is 2.36. The van der Waals surface area contributed by atoms with E-state index in [4.69, 9.17) is 9.47 Å². The van der Waals surface area contributed by atoms with E-state index in [1.165, 1.54) is 0 Å². The van der Waals surface area contributed by atoms with Gasteiger partial charge in [-0.25, -0.2) is 0 Å². The molecule has 0 saturated heterocycles. The fourth-order valence-corrected chi connectivity index (χ4v) is 3.65. The number of benzene rings is 4. The van der Waals surface area contributed by atoms with Crippen LogP contribution in [-0.4, -0.2) is 6.61 Å². The largest absolute Gasteiger partial charge is 0.489 e. The third kappa shape index (κ3) is 3.99. The summed E-state index contributed by atoms with van der Waals surface area (Å²) in [6.07, 6.45) is 1.73. The lowest BCUT2D eigenvalue weighted by atomic mass is 9.80. The Hall–Kier alpha value is -3.78. The molecule has 0 atom stereocenters. The average Bonchev–Trinajstić information content (AvgIpc) is 2.83. The highest BCUT2D eigenvalue weighted by Gasteiger charge is 2.38. The summed E-state index contributed by atoms with van der Waals surface area (Å²) in [7, 11) is 0. The van der Waals surface area contributed by atoms with Gasteiger partial charge in [-0.3, -0.25) is 0 Å². The molecule has 0 heterocycles. The van der Waals surface area contributed by atoms with Crippen LogP contribution >= 0.6 is 0 Å². The van der Waals surface area contributed by atoms with Crippen LogP contribution in [0, 0.1) is 0 Å². The second kappa shape index (κ2) is 9.15. The minimum Gasteiger partial charge on any atom is -0.489 e. The molecule has 4 aromatic rings. The molecule has 0 aromatic heterocycles. The zero-order valence-corrected chi connectivity index (χ0v) is 16.8. The first-order valence-electron chi connectivity index (χ1n) is 10.0. The summed E-state index contributed by atoms with van der Waals surface area (Å²) >= 11 is 0. The molecule has 0 N–H and O–H groups in total. The van der Waals surface area contributed by atoms with Crippen molar-refractivity contribution >= 4 is 0 Å². The minimum atomic E-state index is -0.805. The molecule has 2 nitrogen and oxygen atoms in total. The number of hydrogen-bond acceptors (Lipinski definition) is 2. The molecule has 4 rings (SSSR count). The van der Waals surface area contributed by atoms with Crippen LogP contribution in [0.4, 0.5) is 0 Å². The molecule has 30 heavy (non-hydrogen) atoms. The maximum Gasteiger partial charge on any atom is 0.184 e. The monoisotopic (exact) mass is 392 g/mol. The SMILES string of the molecule is C=CCOc1cccc(OC(c2ccccc2)(c2ccccc2)c2ccccc2)c1. The third-order valence-electron chi connectivity index (χ3n) is 4.99. The van der Waals surface area contributed by atoms with Gasteiger partial charge in [0.1, 0.15) is 18.1 Å². The van der Waals surface area contributed by atoms with Gasteiger partial charge in [0.25, 0.3) is 0 Å². The van der Waals surface area contributed by atoms with Gasteiger partial charge in [0.15, 0.2) is 5.60 Å². The van der Waals surface area contributed by atoms with Crippen LogP contribution in [0.1, 0.15) is 16.7 Å². The number of ether oxygens (including phenoxy) is 2. The first-order valence-corrected chi connectivity index (χ1v) is 10.0. The van der Waals surface area contributed by atoms with Gasteiger partial charge in [0.2, 0.25) is 0 Å². The maximum absolute atomic E-state index is 6.88. The van der Waals surface area contributed by atoms with E-state index < -0.39 is 5.60 Å². The van der Waals surface area contributed by atoms with Gasteiger partial charge in [-0.2, -0.15) is 0 Å². The summed E-state index contributed by atoms with van der Waals surface area (Å²) in [6.45, 7) is 4.17. The lowest BCUT2D eigenvalue weighted by molar-refractivity contribution is 0.154. The normalized spacial score (nSPS) is 10.9. The van der Waals surface area contributed by atoms with Crippen molar-refractivity contribution in [1.29, 1.82) is 0 Å². The number of rotatable bonds is 8. The molecular weight excluding hydrogens is 368 g/mol. The zero-order chi connectivity index (χ0) is 20.7. The van der Waals surface area contributed by atoms with Crippen LogP contribution in [0.2, 0.25) is 0 Å². The van der Waals surface area contributed by atoms with E-state index in [9.17, 15) is 0 Å². The lowest BCUT2D eigenvalue weighted by Crippen LogP contribution is -2.36. The minimum absolute atomic E-state index is 0.449. The molecule has 4 aromatic carbocycles. The molecule has 0 aliphatic rings. The summed E-state index contributed by atoms with van der Waals surface area (Å²) in [5.74, 6) is 1.48. The highest BCUT2D eigenvalue weighted by Crippen LogP contribution is 2.41. The quantitative estimate of drug-likeness (QED) is 0.248. The van der Waals surface area contributed by atoms with Crippen molar-refractivity contribution in [3.05, 3.63) is 145 Å². The Kier molecular flexibility index (Phi) is 5.95. The van der Waals surface area contributed by atoms with Gasteiger partial charge in [0, 0.05) is 22.8 Å². The summed E-state index contributed by atoms with van der Waals surface area (Å²) in [6, 6.07) is 38.7. The van der Waals surface area contributed by atoms with Crippen LogP contribution in [-0.2, 0) is 5.60 Å². The number of hydrogen-bond donors (Lipinski definition) is 0. The summed E-state index contributed by atoms with van der Waals surface area (Å²) < 4.78 is 12.6. The van der Waals surface area contributed by atoms with E-state index in [2.05, 4.69) is 43.0 Å². The van der Waals surface area contributed by atoms with Crippen molar-refractivity contribution in [3.63, 3.8) is 0 Å². The van der Waals surface area contributed by atoms with E-state index in [1.807, 2.05) is 78.9 Å². The van der Waals surface area contributed by atoms with Crippen molar-refractivity contribution in [2.45, 2.75) is 5.60 Å². The van der Waals surface area contributed by atoms with E-state index in [0.29, 0.717) is 6.61 Å². The fraction of sp³-hybridized carbons (Fsp3) is 0.0714. The molecule has 0 radical (unpaired) electrons. The maximum atomic E-state index is 6.88. The molecule has 0 aliphatic carbocycles. The highest BCUT2D eigenvalue weighted by molar-refractivity contribution is 5.49. The van der Waals surface area contributed by atoms with Crippen LogP contribution < -0.4 is 9.47 Å². The summed E-state index contributed by atoms with van der Waals surface area (Å²) in [4.78, 5) is 0. The van der Waals surface area contributed by atoms with Gasteiger partial charge < -0.3 is 9.47 Å². The van der Waals surface area contributed by atoms with E-state index in [1.54, 1.807) is 6.08 Å². The second-order valence-electron chi connectivity index (χ2n) is 6.96. The van der Waals surface area contributed by atoms with Crippen molar-refractivity contribution in [3.8, 4) is 11.5 Å². The summed E-state index contributed by atoms with van der Waals surface area (Å²) in [5, 5.41) is 0. The van der Waals surface area contributed by atoms with E-state index in [-0.39, 0.29) is 0 Å². The van der Waals surface area contributed by atoms with Crippen molar-refractivity contribution < 1.29 is 9.47 Å². The molecule has 0 amide bonds. The molecule has 2 heteroatoms. The Labute approximate surface area is 178 Å². The Morgan fingerprint density at radius 2 is 1.07 bits per heavy atom. The molecule has 0 saturated carbocycles. The van der Waals surface area contributed by atoms with Crippen LogP contribution in [0.15, 0.2) is 128 Å². The van der Waals surface area contributed by atoms with Crippen molar-refractivity contribution in [2.75, 3.05) is 6.61 Å².